The maximum Gasteiger partial charge on any atom is 0.230 e. The molecule has 34 heavy (non-hydrogen) atoms. The predicted molar refractivity (Wildman–Crippen MR) is 134 cm³/mol. The molecule has 5 aromatic rings. The Bertz CT molecular complexity index is 1410. The minimum atomic E-state index is -0.0942. The maximum atomic E-state index is 11.2. The first-order valence-electron chi connectivity index (χ1n) is 11.1. The fourth-order valence-electron chi connectivity index (χ4n) is 4.51. The van der Waals surface area contributed by atoms with E-state index in [-0.39, 0.29) is 11.9 Å². The number of rotatable bonds is 5. The molecule has 1 saturated heterocycles. The van der Waals surface area contributed by atoms with Crippen molar-refractivity contribution in [3.05, 3.63) is 88.5 Å². The molecule has 1 atom stereocenters. The smallest absolute Gasteiger partial charge is 0.230 e. The van der Waals surface area contributed by atoms with E-state index < -0.39 is 0 Å². The molecule has 3 aromatic heterocycles. The Labute approximate surface area is 205 Å². The van der Waals surface area contributed by atoms with Gasteiger partial charge < -0.3 is 14.4 Å². The molecule has 1 fully saturated rings. The molecule has 1 N–H and O–H groups in total. The van der Waals surface area contributed by atoms with Crippen molar-refractivity contribution in [2.24, 2.45) is 0 Å². The van der Waals surface area contributed by atoms with E-state index in [2.05, 4.69) is 38.1 Å². The second-order valence-corrected chi connectivity index (χ2v) is 9.66. The molecule has 1 aliphatic rings. The van der Waals surface area contributed by atoms with Crippen LogP contribution in [-0.4, -0.2) is 50.8 Å². The van der Waals surface area contributed by atoms with Gasteiger partial charge in [0, 0.05) is 36.9 Å². The van der Waals surface area contributed by atoms with Crippen molar-refractivity contribution in [1.29, 1.82) is 0 Å². The van der Waals surface area contributed by atoms with E-state index in [4.69, 9.17) is 16.0 Å². The number of thiazole rings is 1. The number of hydrogen-bond donors (Lipinski definition) is 1. The molecule has 7 nitrogen and oxygen atoms in total. The summed E-state index contributed by atoms with van der Waals surface area (Å²) in [6.07, 6.45) is 1.59. The van der Waals surface area contributed by atoms with E-state index in [1.165, 1.54) is 15.9 Å². The molecule has 9 heteroatoms. The molecule has 6 rings (SSSR count). The predicted octanol–water partition coefficient (Wildman–Crippen LogP) is 5.32. The van der Waals surface area contributed by atoms with Gasteiger partial charge in [0.05, 0.1) is 17.2 Å². The van der Waals surface area contributed by atoms with E-state index >= 15 is 0 Å². The molecule has 0 aliphatic carbocycles. The first kappa shape index (κ1) is 21.2. The molecule has 0 spiro atoms. The molecule has 0 bridgehead atoms. The summed E-state index contributed by atoms with van der Waals surface area (Å²) in [4.78, 5) is 10.8. The minimum Gasteiger partial charge on any atom is -0.492 e. The lowest BCUT2D eigenvalue weighted by Crippen LogP contribution is -2.47. The maximum absolute atomic E-state index is 11.2. The van der Waals surface area contributed by atoms with Gasteiger partial charge in [-0.1, -0.05) is 59.3 Å². The summed E-state index contributed by atoms with van der Waals surface area (Å²) in [6.45, 7) is 3.43. The van der Waals surface area contributed by atoms with Crippen molar-refractivity contribution >= 4 is 33.6 Å². The van der Waals surface area contributed by atoms with Crippen LogP contribution in [0.5, 0.6) is 5.88 Å². The Morgan fingerprint density at radius 3 is 2.50 bits per heavy atom. The molecule has 1 aliphatic heterocycles. The van der Waals surface area contributed by atoms with Crippen LogP contribution < -0.4 is 4.90 Å². The van der Waals surface area contributed by atoms with Gasteiger partial charge in [-0.25, -0.2) is 0 Å². The second kappa shape index (κ2) is 8.79. The van der Waals surface area contributed by atoms with Crippen molar-refractivity contribution < 1.29 is 9.52 Å². The Morgan fingerprint density at radius 2 is 1.79 bits per heavy atom. The lowest BCUT2D eigenvalue weighted by atomic mass is 10.0. The number of benzene rings is 2. The van der Waals surface area contributed by atoms with Crippen LogP contribution in [0.4, 0.5) is 5.69 Å². The van der Waals surface area contributed by atoms with E-state index in [1.807, 2.05) is 42.5 Å². The molecule has 2 aromatic carbocycles. The van der Waals surface area contributed by atoms with Gasteiger partial charge in [-0.2, -0.15) is 9.50 Å². The molecular weight excluding hydrogens is 470 g/mol. The van der Waals surface area contributed by atoms with Crippen LogP contribution in [0.3, 0.4) is 0 Å². The zero-order valence-electron chi connectivity index (χ0n) is 18.2. The first-order chi connectivity index (χ1) is 16.7. The Morgan fingerprint density at radius 1 is 0.971 bits per heavy atom. The third-order valence-electron chi connectivity index (χ3n) is 6.16. The number of aromatic hydroxyl groups is 1. The molecule has 0 unspecified atom stereocenters. The van der Waals surface area contributed by atoms with Crippen LogP contribution in [-0.2, 0) is 0 Å². The minimum absolute atomic E-state index is 0.0942. The zero-order chi connectivity index (χ0) is 23.1. The summed E-state index contributed by atoms with van der Waals surface area (Å²) in [5, 5.41) is 16.4. The number of fused-ring (bicyclic) bond motifs is 1. The fourth-order valence-corrected chi connectivity index (χ4v) is 5.81. The molecule has 0 saturated carbocycles. The van der Waals surface area contributed by atoms with Crippen LogP contribution in [0.1, 0.15) is 16.5 Å². The van der Waals surface area contributed by atoms with Crippen molar-refractivity contribution in [1.82, 2.24) is 19.5 Å². The van der Waals surface area contributed by atoms with Gasteiger partial charge in [0.15, 0.2) is 5.76 Å². The number of aromatic nitrogens is 3. The summed E-state index contributed by atoms with van der Waals surface area (Å²) < 4.78 is 6.93. The molecule has 4 heterocycles. The number of anilines is 1. The second-order valence-electron chi connectivity index (χ2n) is 8.21. The highest BCUT2D eigenvalue weighted by atomic mass is 35.5. The zero-order valence-corrected chi connectivity index (χ0v) is 19.8. The lowest BCUT2D eigenvalue weighted by Gasteiger charge is -2.40. The average molecular weight is 492 g/mol. The van der Waals surface area contributed by atoms with Crippen LogP contribution >= 0.6 is 22.9 Å². The standard InChI is InChI=1S/C25H22ClN5O2S/c26-18-8-4-9-19(16-18)29-11-13-30(14-12-29)21(17-6-2-1-3-7-17)22-24(32)31-25(34-22)27-23(28-31)20-10-5-15-33-20/h1-10,15-16,21,32H,11-14H2/t21-/m1/s1. The molecule has 172 valence electrons. The van der Waals surface area contributed by atoms with Crippen LogP contribution in [0.2, 0.25) is 5.02 Å². The Kier molecular flexibility index (Phi) is 5.49. The van der Waals surface area contributed by atoms with Gasteiger partial charge in [-0.05, 0) is 35.9 Å². The van der Waals surface area contributed by atoms with Gasteiger partial charge >= 0.3 is 0 Å². The Balaban J connectivity index is 1.32. The third kappa shape index (κ3) is 3.83. The van der Waals surface area contributed by atoms with Crippen molar-refractivity contribution in [3.8, 4) is 17.5 Å². The van der Waals surface area contributed by atoms with E-state index in [1.54, 1.807) is 12.3 Å². The summed E-state index contributed by atoms with van der Waals surface area (Å²) in [5.41, 5.74) is 2.26. The topological polar surface area (TPSA) is 70.0 Å². The number of hydrogen-bond acceptors (Lipinski definition) is 7. The number of halogens is 1. The van der Waals surface area contributed by atoms with E-state index in [0.717, 1.165) is 47.3 Å². The van der Waals surface area contributed by atoms with Gasteiger partial charge in [-0.15, -0.1) is 5.10 Å². The average Bonchev–Trinajstić information content (AvgIpc) is 3.60. The SMILES string of the molecule is Oc1c([C@@H](c2ccccc2)N2CCN(c3cccc(Cl)c3)CC2)sc2nc(-c3ccco3)nn12. The highest BCUT2D eigenvalue weighted by Gasteiger charge is 2.32. The van der Waals surface area contributed by atoms with Gasteiger partial charge in [0.2, 0.25) is 16.7 Å². The Hall–Kier alpha value is -3.33. The largest absolute Gasteiger partial charge is 0.492 e. The lowest BCUT2D eigenvalue weighted by molar-refractivity contribution is 0.211. The van der Waals surface area contributed by atoms with Gasteiger partial charge in [0.25, 0.3) is 0 Å². The van der Waals surface area contributed by atoms with Crippen LogP contribution in [0, 0.1) is 0 Å². The highest BCUT2D eigenvalue weighted by molar-refractivity contribution is 7.17. The van der Waals surface area contributed by atoms with Crippen LogP contribution in [0.25, 0.3) is 16.5 Å². The number of furan rings is 1. The van der Waals surface area contributed by atoms with Crippen LogP contribution in [0.15, 0.2) is 77.4 Å². The van der Waals surface area contributed by atoms with Crippen molar-refractivity contribution in [2.45, 2.75) is 6.04 Å². The molecule has 0 radical (unpaired) electrons. The van der Waals surface area contributed by atoms with Crippen molar-refractivity contribution in [2.75, 3.05) is 31.1 Å². The monoisotopic (exact) mass is 491 g/mol. The molecule has 0 amide bonds. The van der Waals surface area contributed by atoms with E-state index in [9.17, 15) is 5.11 Å². The van der Waals surface area contributed by atoms with E-state index in [0.29, 0.717) is 16.5 Å². The first-order valence-corrected chi connectivity index (χ1v) is 12.3. The van der Waals surface area contributed by atoms with Gasteiger partial charge in [0.1, 0.15) is 0 Å². The number of nitrogens with zero attached hydrogens (tertiary/aromatic N) is 5. The highest BCUT2D eigenvalue weighted by Crippen LogP contribution is 2.41. The summed E-state index contributed by atoms with van der Waals surface area (Å²) >= 11 is 7.67. The summed E-state index contributed by atoms with van der Waals surface area (Å²) in [6, 6.07) is 21.8. The van der Waals surface area contributed by atoms with Gasteiger partial charge in [-0.3, -0.25) is 4.90 Å². The fraction of sp³-hybridized carbons (Fsp3) is 0.200. The summed E-state index contributed by atoms with van der Waals surface area (Å²) in [7, 11) is 0. The van der Waals surface area contributed by atoms with Crippen molar-refractivity contribution in [3.63, 3.8) is 0 Å². The quantitative estimate of drug-likeness (QED) is 0.359. The third-order valence-corrected chi connectivity index (χ3v) is 7.47. The summed E-state index contributed by atoms with van der Waals surface area (Å²) in [5.74, 6) is 1.16. The normalized spacial score (nSPS) is 15.7. The molecular formula is C25H22ClN5O2S. The number of piperazine rings is 1.